The van der Waals surface area contributed by atoms with Crippen molar-refractivity contribution in [3.05, 3.63) is 13.3 Å². The first kappa shape index (κ1) is 22.5. The Morgan fingerprint density at radius 2 is 1.70 bits per heavy atom. The van der Waals surface area contributed by atoms with E-state index in [1.807, 2.05) is 13.8 Å². The summed E-state index contributed by atoms with van der Waals surface area (Å²) >= 11 is 0. The quantitative estimate of drug-likeness (QED) is 0.621. The van der Waals surface area contributed by atoms with Crippen molar-refractivity contribution in [2.24, 2.45) is 5.92 Å². The molecule has 0 aliphatic heterocycles. The molecule has 1 atom stereocenters. The summed E-state index contributed by atoms with van der Waals surface area (Å²) in [5.41, 5.74) is 0. The first-order chi connectivity index (χ1) is 3.81. The zero-order valence-electron chi connectivity index (χ0n) is 7.15. The van der Waals surface area contributed by atoms with E-state index in [2.05, 4.69) is 27.2 Å². The smallest absolute Gasteiger partial charge is 0 e. The van der Waals surface area contributed by atoms with E-state index in [-0.39, 0.29) is 40.1 Å². The van der Waals surface area contributed by atoms with E-state index in [0.717, 1.165) is 6.42 Å². The molecule has 0 spiro atoms. The number of hydrogen-bond acceptors (Lipinski definition) is 0. The van der Waals surface area contributed by atoms with E-state index in [4.69, 9.17) is 0 Å². The molecule has 1 radical (unpaired) electrons. The Hall–Kier alpha value is 1.10. The van der Waals surface area contributed by atoms with Gasteiger partial charge in [-0.15, -0.1) is 0 Å². The zero-order chi connectivity index (χ0) is 6.99. The second-order valence-corrected chi connectivity index (χ2v) is 1.60. The Morgan fingerprint density at radius 3 is 1.70 bits per heavy atom. The molecule has 0 rings (SSSR count). The minimum atomic E-state index is 0. The van der Waals surface area contributed by atoms with Crippen molar-refractivity contribution in [2.45, 2.75) is 41.5 Å². The average Bonchev–Trinajstić information content (AvgIpc) is 1.91. The fraction of sp³-hybridized carbons (Fsp3) is 0.778. The van der Waals surface area contributed by atoms with Crippen LogP contribution in [0.3, 0.4) is 0 Å². The van der Waals surface area contributed by atoms with Crippen molar-refractivity contribution in [2.75, 3.05) is 0 Å². The first-order valence-electron chi connectivity index (χ1n) is 3.40. The Morgan fingerprint density at radius 1 is 1.40 bits per heavy atom. The van der Waals surface area contributed by atoms with Gasteiger partial charge in [-0.3, -0.25) is 0 Å². The predicted molar refractivity (Wildman–Crippen MR) is 47.2 cm³/mol. The Bertz CT molecular complexity index is 23.9. The maximum Gasteiger partial charge on any atom is 0 e. The summed E-state index contributed by atoms with van der Waals surface area (Å²) in [6, 6.07) is 0. The number of rotatable bonds is 2. The molecule has 0 aliphatic carbocycles. The minimum Gasteiger partial charge on any atom is -0.345 e. The maximum absolute atomic E-state index is 3.73. The molecule has 0 aromatic rings. The number of hydrogen-bond donors (Lipinski definition) is 0. The van der Waals surface area contributed by atoms with Crippen molar-refractivity contribution < 1.29 is 32.7 Å². The van der Waals surface area contributed by atoms with Gasteiger partial charge < -0.3 is 13.3 Å². The van der Waals surface area contributed by atoms with Gasteiger partial charge in [-0.1, -0.05) is 28.2 Å². The van der Waals surface area contributed by atoms with Gasteiger partial charge in [-0.2, -0.15) is 12.8 Å². The molecule has 0 aliphatic rings. The van der Waals surface area contributed by atoms with Crippen LogP contribution in [0.5, 0.6) is 0 Å². The summed E-state index contributed by atoms with van der Waals surface area (Å²) in [6.07, 6.45) is 3.18. The van der Waals surface area contributed by atoms with Crippen LogP contribution in [0.25, 0.3) is 0 Å². The van der Waals surface area contributed by atoms with E-state index in [9.17, 15) is 0 Å². The molecular weight excluding hydrogens is 197 g/mol. The van der Waals surface area contributed by atoms with Crippen LogP contribution in [0.2, 0.25) is 0 Å². The molecule has 0 nitrogen and oxygen atoms in total. The van der Waals surface area contributed by atoms with Crippen LogP contribution in [-0.2, 0) is 32.7 Å². The van der Waals surface area contributed by atoms with Gasteiger partial charge in [0.15, 0.2) is 0 Å². The van der Waals surface area contributed by atoms with Gasteiger partial charge in [-0.25, -0.2) is 6.42 Å². The fourth-order valence-electron chi connectivity index (χ4n) is 0.167. The monoisotopic (exact) mass is 219 g/mol. The van der Waals surface area contributed by atoms with E-state index in [1.165, 1.54) is 0 Å². The van der Waals surface area contributed by atoms with Gasteiger partial charge >= 0.3 is 0 Å². The second kappa shape index (κ2) is 22.5. The van der Waals surface area contributed by atoms with E-state index in [1.54, 1.807) is 0 Å². The topological polar surface area (TPSA) is 0 Å². The molecule has 10 heavy (non-hydrogen) atoms. The largest absolute Gasteiger partial charge is 0.345 e. The standard InChI is InChI=1S/C6H12.C2H6.CH4.Y/c1-4-6(3)5-2;1-2;;/h5-6H,1,4H2,2-3H3;1-2H3;1H4;/q-2;;;. The van der Waals surface area contributed by atoms with E-state index < -0.39 is 0 Å². The molecule has 1 unspecified atom stereocenters. The summed E-state index contributed by atoms with van der Waals surface area (Å²) in [6.45, 7) is 12.0. The summed E-state index contributed by atoms with van der Waals surface area (Å²) in [5, 5.41) is 0. The Balaban J connectivity index is -0.0000000412. The molecule has 0 aromatic heterocycles. The van der Waals surface area contributed by atoms with Gasteiger partial charge in [0.05, 0.1) is 0 Å². The molecular formula is C9H22Y-2. The zero-order valence-corrected chi connectivity index (χ0v) is 9.98. The van der Waals surface area contributed by atoms with E-state index >= 15 is 0 Å². The molecule has 0 amide bonds. The summed E-state index contributed by atoms with van der Waals surface area (Å²) < 4.78 is 0. The average molecular weight is 219 g/mol. The van der Waals surface area contributed by atoms with Crippen LogP contribution in [0.1, 0.15) is 41.5 Å². The molecule has 0 N–H and O–H groups in total. The van der Waals surface area contributed by atoms with E-state index in [0.29, 0.717) is 5.92 Å². The van der Waals surface area contributed by atoms with Crippen molar-refractivity contribution >= 4 is 0 Å². The van der Waals surface area contributed by atoms with Crippen molar-refractivity contribution in [3.63, 3.8) is 0 Å². The Kier molecular flexibility index (Phi) is 50.5. The van der Waals surface area contributed by atoms with Crippen molar-refractivity contribution in [1.82, 2.24) is 0 Å². The molecule has 63 valence electrons. The Labute approximate surface area is 93.1 Å². The third-order valence-electron chi connectivity index (χ3n) is 1.02. The summed E-state index contributed by atoms with van der Waals surface area (Å²) in [4.78, 5) is 0. The van der Waals surface area contributed by atoms with Gasteiger partial charge in [0, 0.05) is 32.7 Å². The molecule has 1 heteroatoms. The van der Waals surface area contributed by atoms with Gasteiger partial charge in [-0.05, 0) is 0 Å². The first-order valence-corrected chi connectivity index (χ1v) is 3.40. The molecule has 0 heterocycles. The van der Waals surface area contributed by atoms with Crippen LogP contribution < -0.4 is 0 Å². The minimum absolute atomic E-state index is 0. The normalized spacial score (nSPS) is 9.30. The SMILES string of the molecule is C.CC.[CH2-]CC(C)[CH-]C.[Y]. The molecule has 0 aromatic carbocycles. The van der Waals surface area contributed by atoms with Gasteiger partial charge in [0.2, 0.25) is 0 Å². The van der Waals surface area contributed by atoms with Crippen molar-refractivity contribution in [3.8, 4) is 0 Å². The van der Waals surface area contributed by atoms with Crippen LogP contribution in [-0.4, -0.2) is 0 Å². The van der Waals surface area contributed by atoms with Crippen LogP contribution in [0.4, 0.5) is 0 Å². The van der Waals surface area contributed by atoms with Gasteiger partial charge in [0.1, 0.15) is 0 Å². The van der Waals surface area contributed by atoms with Crippen molar-refractivity contribution in [1.29, 1.82) is 0 Å². The third kappa shape index (κ3) is 23.0. The predicted octanol–water partition coefficient (Wildman–Crippen LogP) is 3.73. The molecule has 0 saturated heterocycles. The fourth-order valence-corrected chi connectivity index (χ4v) is 0.167. The maximum atomic E-state index is 3.73. The van der Waals surface area contributed by atoms with Crippen LogP contribution in [0.15, 0.2) is 0 Å². The molecule has 0 bridgehead atoms. The molecule has 0 fully saturated rings. The van der Waals surface area contributed by atoms with Gasteiger partial charge in [0.25, 0.3) is 0 Å². The van der Waals surface area contributed by atoms with Crippen LogP contribution >= 0.6 is 0 Å². The third-order valence-corrected chi connectivity index (χ3v) is 1.02. The second-order valence-electron chi connectivity index (χ2n) is 1.60. The summed E-state index contributed by atoms with van der Waals surface area (Å²) in [5.74, 6) is 0.699. The molecule has 0 saturated carbocycles. The van der Waals surface area contributed by atoms with Crippen LogP contribution in [0, 0.1) is 19.3 Å². The summed E-state index contributed by atoms with van der Waals surface area (Å²) in [7, 11) is 0.